The fourth-order valence-corrected chi connectivity index (χ4v) is 2.57. The van der Waals surface area contributed by atoms with Crippen LogP contribution in [0.15, 0.2) is 18.2 Å². The molecule has 0 aliphatic carbocycles. The molecule has 1 aliphatic rings. The van der Waals surface area contributed by atoms with Crippen molar-refractivity contribution in [1.29, 1.82) is 0 Å². The number of hydrogen-bond donors (Lipinski definition) is 1. The van der Waals surface area contributed by atoms with Crippen LogP contribution in [0, 0.1) is 5.82 Å². The molecule has 1 atom stereocenters. The molecule has 19 heavy (non-hydrogen) atoms. The molecule has 0 saturated carbocycles. The molecule has 1 aliphatic heterocycles. The predicted molar refractivity (Wildman–Crippen MR) is 72.8 cm³/mol. The molecule has 4 nitrogen and oxygen atoms in total. The Morgan fingerprint density at radius 1 is 1.53 bits per heavy atom. The Morgan fingerprint density at radius 2 is 2.26 bits per heavy atom. The summed E-state index contributed by atoms with van der Waals surface area (Å²) in [5.74, 6) is -0.973. The zero-order chi connectivity index (χ0) is 14.0. The van der Waals surface area contributed by atoms with E-state index in [0.29, 0.717) is 19.6 Å². The molecule has 2 N–H and O–H groups in total. The number of amides is 1. The van der Waals surface area contributed by atoms with E-state index in [4.69, 9.17) is 17.3 Å². The van der Waals surface area contributed by atoms with Gasteiger partial charge < -0.3 is 15.5 Å². The number of benzene rings is 1. The smallest absolute Gasteiger partial charge is 0.258 e. The maximum Gasteiger partial charge on any atom is 0.258 e. The van der Waals surface area contributed by atoms with Crippen molar-refractivity contribution in [3.8, 4) is 0 Å². The van der Waals surface area contributed by atoms with Crippen LogP contribution in [0.3, 0.4) is 0 Å². The average Bonchev–Trinajstić information content (AvgIpc) is 2.38. The Bertz CT molecular complexity index is 463. The highest BCUT2D eigenvalue weighted by Gasteiger charge is 2.31. The number of hydrogen-bond acceptors (Lipinski definition) is 3. The molecule has 104 valence electrons. The van der Waals surface area contributed by atoms with Crippen LogP contribution < -0.4 is 5.73 Å². The first-order valence-corrected chi connectivity index (χ1v) is 6.56. The Hall–Kier alpha value is -1.17. The minimum Gasteiger partial charge on any atom is -0.332 e. The standard InChI is InChI=1S/C13H17ClFN3O/c1-17-5-6-18(9(7-16)8-17)13(19)12-10(14)3-2-4-11(12)15/h2-4,9H,5-8,16H2,1H3. The van der Waals surface area contributed by atoms with Crippen LogP contribution in [0.1, 0.15) is 10.4 Å². The van der Waals surface area contributed by atoms with Gasteiger partial charge in [0.15, 0.2) is 0 Å². The number of rotatable bonds is 2. The monoisotopic (exact) mass is 285 g/mol. The average molecular weight is 286 g/mol. The van der Waals surface area contributed by atoms with Crippen LogP contribution in [-0.2, 0) is 0 Å². The molecule has 1 aromatic rings. The predicted octanol–water partition coefficient (Wildman–Crippen LogP) is 1.19. The van der Waals surface area contributed by atoms with Gasteiger partial charge in [0.1, 0.15) is 5.82 Å². The van der Waals surface area contributed by atoms with E-state index in [9.17, 15) is 9.18 Å². The lowest BCUT2D eigenvalue weighted by Gasteiger charge is -2.39. The molecule has 1 unspecified atom stereocenters. The molecule has 0 aromatic heterocycles. The SMILES string of the molecule is CN1CCN(C(=O)c2c(F)cccc2Cl)C(CN)C1. The molecule has 0 bridgehead atoms. The fraction of sp³-hybridized carbons (Fsp3) is 0.462. The van der Waals surface area contributed by atoms with Crippen LogP contribution in [0.2, 0.25) is 5.02 Å². The second kappa shape index (κ2) is 5.86. The highest BCUT2D eigenvalue weighted by Crippen LogP contribution is 2.22. The summed E-state index contributed by atoms with van der Waals surface area (Å²) < 4.78 is 13.8. The molecule has 6 heteroatoms. The van der Waals surface area contributed by atoms with E-state index in [1.807, 2.05) is 7.05 Å². The molecule has 1 aromatic carbocycles. The van der Waals surface area contributed by atoms with E-state index in [-0.39, 0.29) is 22.5 Å². The van der Waals surface area contributed by atoms with Gasteiger partial charge in [-0.25, -0.2) is 4.39 Å². The second-order valence-corrected chi connectivity index (χ2v) is 5.15. The zero-order valence-corrected chi connectivity index (χ0v) is 11.5. The van der Waals surface area contributed by atoms with Crippen LogP contribution >= 0.6 is 11.6 Å². The lowest BCUT2D eigenvalue weighted by atomic mass is 10.1. The molecular weight excluding hydrogens is 269 g/mol. The maximum absolute atomic E-state index is 13.8. The number of nitrogens with two attached hydrogens (primary N) is 1. The summed E-state index contributed by atoms with van der Waals surface area (Å²) in [5.41, 5.74) is 5.64. The van der Waals surface area contributed by atoms with Gasteiger partial charge in [0.2, 0.25) is 0 Å². The number of carbonyl (C=O) groups excluding carboxylic acids is 1. The summed E-state index contributed by atoms with van der Waals surface area (Å²) in [6, 6.07) is 4.14. The molecule has 1 fully saturated rings. The van der Waals surface area contributed by atoms with Crippen LogP contribution in [0.5, 0.6) is 0 Å². The normalized spacial score (nSPS) is 20.6. The van der Waals surface area contributed by atoms with Gasteiger partial charge >= 0.3 is 0 Å². The zero-order valence-electron chi connectivity index (χ0n) is 10.8. The largest absolute Gasteiger partial charge is 0.332 e. The van der Waals surface area contributed by atoms with Crippen molar-refractivity contribution in [3.63, 3.8) is 0 Å². The minimum atomic E-state index is -0.591. The van der Waals surface area contributed by atoms with E-state index in [1.165, 1.54) is 18.2 Å². The van der Waals surface area contributed by atoms with E-state index in [0.717, 1.165) is 6.54 Å². The number of halogens is 2. The first-order chi connectivity index (χ1) is 9.04. The minimum absolute atomic E-state index is 0.0628. The van der Waals surface area contributed by atoms with Crippen LogP contribution in [0.25, 0.3) is 0 Å². The number of piperazine rings is 1. The van der Waals surface area contributed by atoms with E-state index < -0.39 is 5.82 Å². The summed E-state index contributed by atoms with van der Waals surface area (Å²) in [6.45, 7) is 2.31. The third-order valence-corrected chi connectivity index (χ3v) is 3.71. The van der Waals surface area contributed by atoms with Gasteiger partial charge in [0, 0.05) is 26.2 Å². The van der Waals surface area contributed by atoms with Crippen molar-refractivity contribution < 1.29 is 9.18 Å². The van der Waals surface area contributed by atoms with Crippen LogP contribution in [-0.4, -0.2) is 55.0 Å². The molecule has 0 radical (unpaired) electrons. The molecule has 2 rings (SSSR count). The summed E-state index contributed by atoms with van der Waals surface area (Å²) in [5, 5.41) is 0.139. The summed E-state index contributed by atoms with van der Waals surface area (Å²) in [6.07, 6.45) is 0. The number of likely N-dealkylation sites (N-methyl/N-ethyl adjacent to an activating group) is 1. The van der Waals surface area contributed by atoms with Gasteiger partial charge in [-0.1, -0.05) is 17.7 Å². The quantitative estimate of drug-likeness (QED) is 0.888. The topological polar surface area (TPSA) is 49.6 Å². The van der Waals surface area contributed by atoms with Crippen molar-refractivity contribution in [2.24, 2.45) is 5.73 Å². The molecule has 1 amide bonds. The van der Waals surface area contributed by atoms with Crippen molar-refractivity contribution in [1.82, 2.24) is 9.80 Å². The van der Waals surface area contributed by atoms with Crippen molar-refractivity contribution >= 4 is 17.5 Å². The molecule has 1 saturated heterocycles. The lowest BCUT2D eigenvalue weighted by molar-refractivity contribution is 0.0511. The van der Waals surface area contributed by atoms with Gasteiger partial charge in [-0.15, -0.1) is 0 Å². The van der Waals surface area contributed by atoms with Crippen molar-refractivity contribution in [2.75, 3.05) is 33.2 Å². The van der Waals surface area contributed by atoms with Crippen molar-refractivity contribution in [3.05, 3.63) is 34.6 Å². The molecule has 1 heterocycles. The van der Waals surface area contributed by atoms with E-state index in [1.54, 1.807) is 4.90 Å². The lowest BCUT2D eigenvalue weighted by Crippen LogP contribution is -2.56. The van der Waals surface area contributed by atoms with Gasteiger partial charge in [0.25, 0.3) is 5.91 Å². The summed E-state index contributed by atoms with van der Waals surface area (Å²) in [4.78, 5) is 16.2. The summed E-state index contributed by atoms with van der Waals surface area (Å²) in [7, 11) is 1.97. The maximum atomic E-state index is 13.8. The van der Waals surface area contributed by atoms with E-state index >= 15 is 0 Å². The Morgan fingerprint density at radius 3 is 2.89 bits per heavy atom. The third-order valence-electron chi connectivity index (χ3n) is 3.40. The fourth-order valence-electron chi connectivity index (χ4n) is 2.33. The third kappa shape index (κ3) is 2.88. The number of nitrogens with zero attached hydrogens (tertiary/aromatic N) is 2. The van der Waals surface area contributed by atoms with Crippen molar-refractivity contribution in [2.45, 2.75) is 6.04 Å². The highest BCUT2D eigenvalue weighted by atomic mass is 35.5. The van der Waals surface area contributed by atoms with Gasteiger partial charge in [-0.05, 0) is 19.2 Å². The summed E-state index contributed by atoms with van der Waals surface area (Å²) >= 11 is 5.93. The van der Waals surface area contributed by atoms with Crippen LogP contribution in [0.4, 0.5) is 4.39 Å². The van der Waals surface area contributed by atoms with E-state index in [2.05, 4.69) is 4.90 Å². The Kier molecular flexibility index (Phi) is 4.39. The Balaban J connectivity index is 2.28. The van der Waals surface area contributed by atoms with Gasteiger partial charge in [-0.3, -0.25) is 4.79 Å². The van der Waals surface area contributed by atoms with Gasteiger partial charge in [-0.2, -0.15) is 0 Å². The Labute approximate surface area is 116 Å². The number of carbonyl (C=O) groups is 1. The highest BCUT2D eigenvalue weighted by molar-refractivity contribution is 6.33. The van der Waals surface area contributed by atoms with Gasteiger partial charge in [0.05, 0.1) is 16.6 Å². The molecular formula is C13H17ClFN3O. The first-order valence-electron chi connectivity index (χ1n) is 6.18. The second-order valence-electron chi connectivity index (χ2n) is 4.75. The first kappa shape index (κ1) is 14.2. The molecule has 0 spiro atoms.